The molecule has 0 rings (SSSR count). The summed E-state index contributed by atoms with van der Waals surface area (Å²) in [4.78, 5) is 11.9. The van der Waals surface area contributed by atoms with E-state index in [4.69, 9.17) is 4.74 Å². The van der Waals surface area contributed by atoms with Gasteiger partial charge in [-0.1, -0.05) is 33.6 Å². The second-order valence-corrected chi connectivity index (χ2v) is 6.95. The SMILES string of the molecule is CCCNC(C)(CCCCSCC(C)CC)C(=O)OC. The minimum Gasteiger partial charge on any atom is -0.468 e. The van der Waals surface area contributed by atoms with Gasteiger partial charge in [-0.2, -0.15) is 11.8 Å². The molecule has 0 aromatic rings. The number of nitrogens with one attached hydrogen (secondary N) is 1. The van der Waals surface area contributed by atoms with E-state index in [-0.39, 0.29) is 5.97 Å². The predicted octanol–water partition coefficient (Wildman–Crippen LogP) is 3.87. The van der Waals surface area contributed by atoms with Crippen molar-refractivity contribution in [1.82, 2.24) is 5.32 Å². The van der Waals surface area contributed by atoms with E-state index in [2.05, 4.69) is 26.1 Å². The third-order valence-corrected chi connectivity index (χ3v) is 5.10. The number of thioether (sulfide) groups is 1. The molecule has 2 unspecified atom stereocenters. The highest BCUT2D eigenvalue weighted by atomic mass is 32.2. The fraction of sp³-hybridized carbons (Fsp3) is 0.938. The predicted molar refractivity (Wildman–Crippen MR) is 89.3 cm³/mol. The van der Waals surface area contributed by atoms with E-state index in [1.165, 1.54) is 31.5 Å². The van der Waals surface area contributed by atoms with Gasteiger partial charge < -0.3 is 10.1 Å². The zero-order valence-electron chi connectivity index (χ0n) is 14.0. The standard InChI is InChI=1S/C16H33NO2S/c1-6-11-17-16(4,15(18)19-5)10-8-9-12-20-13-14(3)7-2/h14,17H,6-13H2,1-5H3. The number of rotatable bonds is 12. The minimum absolute atomic E-state index is 0.141. The number of unbranched alkanes of at least 4 members (excludes halogenated alkanes) is 1. The molecule has 3 nitrogen and oxygen atoms in total. The summed E-state index contributed by atoms with van der Waals surface area (Å²) in [5.41, 5.74) is -0.522. The van der Waals surface area contributed by atoms with E-state index in [0.717, 1.165) is 31.7 Å². The van der Waals surface area contributed by atoms with Crippen molar-refractivity contribution in [2.45, 2.75) is 65.3 Å². The summed E-state index contributed by atoms with van der Waals surface area (Å²) in [6.07, 6.45) is 5.37. The molecule has 1 N–H and O–H groups in total. The van der Waals surface area contributed by atoms with E-state index in [0.29, 0.717) is 0 Å². The second kappa shape index (κ2) is 11.4. The molecule has 0 aromatic heterocycles. The maximum atomic E-state index is 11.9. The van der Waals surface area contributed by atoms with E-state index >= 15 is 0 Å². The monoisotopic (exact) mass is 303 g/mol. The average Bonchev–Trinajstić information content (AvgIpc) is 2.47. The van der Waals surface area contributed by atoms with Crippen molar-refractivity contribution in [3.8, 4) is 0 Å². The average molecular weight is 304 g/mol. The molecule has 4 heteroatoms. The Bertz CT molecular complexity index is 261. The van der Waals surface area contributed by atoms with Gasteiger partial charge in [0.1, 0.15) is 5.54 Å². The van der Waals surface area contributed by atoms with Crippen LogP contribution in [-0.2, 0) is 9.53 Å². The lowest BCUT2D eigenvalue weighted by Crippen LogP contribution is -2.50. The van der Waals surface area contributed by atoms with Gasteiger partial charge in [-0.25, -0.2) is 0 Å². The van der Waals surface area contributed by atoms with Crippen LogP contribution < -0.4 is 5.32 Å². The molecule has 0 aromatic carbocycles. The summed E-state index contributed by atoms with van der Waals surface area (Å²) in [5.74, 6) is 3.11. The van der Waals surface area contributed by atoms with Gasteiger partial charge in [0, 0.05) is 0 Å². The third-order valence-electron chi connectivity index (χ3n) is 3.72. The first-order chi connectivity index (χ1) is 9.50. The van der Waals surface area contributed by atoms with Gasteiger partial charge in [0.15, 0.2) is 0 Å². The molecule has 120 valence electrons. The van der Waals surface area contributed by atoms with Crippen molar-refractivity contribution < 1.29 is 9.53 Å². The summed E-state index contributed by atoms with van der Waals surface area (Å²) >= 11 is 2.03. The van der Waals surface area contributed by atoms with Gasteiger partial charge in [-0.05, 0) is 50.2 Å². The van der Waals surface area contributed by atoms with Crippen LogP contribution in [0.25, 0.3) is 0 Å². The molecule has 0 heterocycles. The number of methoxy groups -OCH3 is 1. The quantitative estimate of drug-likeness (QED) is 0.439. The molecule has 0 amide bonds. The Kier molecular flexibility index (Phi) is 11.3. The second-order valence-electron chi connectivity index (χ2n) is 5.80. The van der Waals surface area contributed by atoms with Gasteiger partial charge in [-0.15, -0.1) is 0 Å². The highest BCUT2D eigenvalue weighted by Crippen LogP contribution is 2.18. The van der Waals surface area contributed by atoms with Crippen molar-refractivity contribution in [3.05, 3.63) is 0 Å². The van der Waals surface area contributed by atoms with E-state index in [1.54, 1.807) is 0 Å². The maximum absolute atomic E-state index is 11.9. The number of ether oxygens (including phenoxy) is 1. The van der Waals surface area contributed by atoms with Gasteiger partial charge >= 0.3 is 5.97 Å². The van der Waals surface area contributed by atoms with Crippen molar-refractivity contribution in [2.24, 2.45) is 5.92 Å². The van der Waals surface area contributed by atoms with Crippen LogP contribution in [0, 0.1) is 5.92 Å². The Labute approximate surface area is 129 Å². The van der Waals surface area contributed by atoms with Crippen molar-refractivity contribution in [1.29, 1.82) is 0 Å². The molecular weight excluding hydrogens is 270 g/mol. The maximum Gasteiger partial charge on any atom is 0.325 e. The number of hydrogen-bond donors (Lipinski definition) is 1. The molecule has 0 radical (unpaired) electrons. The first kappa shape index (κ1) is 19.8. The van der Waals surface area contributed by atoms with Crippen molar-refractivity contribution in [2.75, 3.05) is 25.2 Å². The van der Waals surface area contributed by atoms with Crippen molar-refractivity contribution >= 4 is 17.7 Å². The summed E-state index contributed by atoms with van der Waals surface area (Å²) in [7, 11) is 1.47. The Morgan fingerprint density at radius 1 is 1.35 bits per heavy atom. The van der Waals surface area contributed by atoms with Crippen LogP contribution >= 0.6 is 11.8 Å². The highest BCUT2D eigenvalue weighted by molar-refractivity contribution is 7.99. The lowest BCUT2D eigenvalue weighted by molar-refractivity contribution is -0.148. The van der Waals surface area contributed by atoms with Gasteiger partial charge in [0.2, 0.25) is 0 Å². The fourth-order valence-electron chi connectivity index (χ4n) is 1.97. The first-order valence-corrected chi connectivity index (χ1v) is 9.06. The normalized spacial score (nSPS) is 15.7. The molecule has 2 atom stereocenters. The van der Waals surface area contributed by atoms with Crippen LogP contribution in [0.4, 0.5) is 0 Å². The lowest BCUT2D eigenvalue weighted by atomic mass is 9.95. The molecule has 0 bridgehead atoms. The summed E-state index contributed by atoms with van der Waals surface area (Å²) in [6.45, 7) is 9.47. The van der Waals surface area contributed by atoms with Crippen LogP contribution in [-0.4, -0.2) is 36.7 Å². The molecule has 0 saturated heterocycles. The molecule has 0 saturated carbocycles. The molecule has 0 spiro atoms. The summed E-state index contributed by atoms with van der Waals surface area (Å²) in [6, 6.07) is 0. The first-order valence-electron chi connectivity index (χ1n) is 7.91. The van der Waals surface area contributed by atoms with Crippen LogP contribution in [0.15, 0.2) is 0 Å². The number of carbonyl (C=O) groups is 1. The molecule has 0 aliphatic carbocycles. The smallest absolute Gasteiger partial charge is 0.325 e. The van der Waals surface area contributed by atoms with Crippen LogP contribution in [0.1, 0.15) is 59.8 Å². The zero-order chi connectivity index (χ0) is 15.4. The molecule has 20 heavy (non-hydrogen) atoms. The van der Waals surface area contributed by atoms with E-state index < -0.39 is 5.54 Å². The van der Waals surface area contributed by atoms with Crippen LogP contribution in [0.2, 0.25) is 0 Å². The molecule has 0 fully saturated rings. The Hall–Kier alpha value is -0.220. The zero-order valence-corrected chi connectivity index (χ0v) is 14.8. The lowest BCUT2D eigenvalue weighted by Gasteiger charge is -2.28. The van der Waals surface area contributed by atoms with Crippen LogP contribution in [0.3, 0.4) is 0 Å². The van der Waals surface area contributed by atoms with Gasteiger partial charge in [0.05, 0.1) is 7.11 Å². The topological polar surface area (TPSA) is 38.3 Å². The summed E-state index contributed by atoms with van der Waals surface area (Å²) < 4.78 is 4.93. The Morgan fingerprint density at radius 2 is 2.05 bits per heavy atom. The number of hydrogen-bond acceptors (Lipinski definition) is 4. The van der Waals surface area contributed by atoms with E-state index in [1.807, 2.05) is 18.7 Å². The Balaban J connectivity index is 3.93. The number of carbonyl (C=O) groups excluding carboxylic acids is 1. The van der Waals surface area contributed by atoms with Gasteiger partial charge in [0.25, 0.3) is 0 Å². The van der Waals surface area contributed by atoms with Crippen molar-refractivity contribution in [3.63, 3.8) is 0 Å². The molecular formula is C16H33NO2S. The number of esters is 1. The fourth-order valence-corrected chi connectivity index (χ4v) is 3.19. The minimum atomic E-state index is -0.522. The highest BCUT2D eigenvalue weighted by Gasteiger charge is 2.32. The van der Waals surface area contributed by atoms with Crippen LogP contribution in [0.5, 0.6) is 0 Å². The molecule has 0 aliphatic rings. The Morgan fingerprint density at radius 3 is 2.60 bits per heavy atom. The molecule has 0 aliphatic heterocycles. The summed E-state index contributed by atoms with van der Waals surface area (Å²) in [5, 5.41) is 3.33. The van der Waals surface area contributed by atoms with Gasteiger partial charge in [-0.3, -0.25) is 4.79 Å². The largest absolute Gasteiger partial charge is 0.468 e. The third kappa shape index (κ3) is 8.15. The van der Waals surface area contributed by atoms with E-state index in [9.17, 15) is 4.79 Å².